The molecule has 0 unspecified atom stereocenters. The minimum atomic E-state index is -0.240. The molecule has 1 aliphatic rings. The monoisotopic (exact) mass is 435 g/mol. The lowest BCUT2D eigenvalue weighted by Crippen LogP contribution is -2.39. The standard InChI is InChI=1S/C23H22FN5OS/c24-18-5-3-4-16(14-18)15-29-20-7-2-1-6-19(20)26-23(29)28-11-8-17(9-12-28)21(30)27-22-25-10-13-31-22/h1-7,10,13-14,17H,8-9,11-12,15H2,(H,25,27,30). The number of benzene rings is 2. The number of amides is 1. The highest BCUT2D eigenvalue weighted by Gasteiger charge is 2.28. The van der Waals surface area contributed by atoms with E-state index in [1.807, 2.05) is 35.7 Å². The van der Waals surface area contributed by atoms with E-state index in [1.165, 1.54) is 17.4 Å². The van der Waals surface area contributed by atoms with Gasteiger partial charge in [-0.25, -0.2) is 14.4 Å². The Morgan fingerprint density at radius 2 is 2.00 bits per heavy atom. The fourth-order valence-electron chi connectivity index (χ4n) is 4.11. The van der Waals surface area contributed by atoms with Crippen LogP contribution in [0.15, 0.2) is 60.1 Å². The van der Waals surface area contributed by atoms with Crippen LogP contribution in [0.1, 0.15) is 18.4 Å². The molecule has 1 amide bonds. The molecule has 4 aromatic rings. The van der Waals surface area contributed by atoms with Crippen LogP contribution in [0.4, 0.5) is 15.5 Å². The van der Waals surface area contributed by atoms with E-state index in [9.17, 15) is 9.18 Å². The SMILES string of the molecule is O=C(Nc1nccs1)C1CCN(c2nc3ccccc3n2Cc2cccc(F)c2)CC1. The summed E-state index contributed by atoms with van der Waals surface area (Å²) in [5.41, 5.74) is 2.82. The van der Waals surface area contributed by atoms with E-state index in [-0.39, 0.29) is 17.6 Å². The van der Waals surface area contributed by atoms with Gasteiger partial charge in [0.25, 0.3) is 0 Å². The van der Waals surface area contributed by atoms with Crippen LogP contribution in [0, 0.1) is 11.7 Å². The van der Waals surface area contributed by atoms with Crippen molar-refractivity contribution in [3.63, 3.8) is 0 Å². The second kappa shape index (κ2) is 8.47. The van der Waals surface area contributed by atoms with Crippen LogP contribution in [-0.2, 0) is 11.3 Å². The average molecular weight is 436 g/mol. The Morgan fingerprint density at radius 1 is 1.16 bits per heavy atom. The molecule has 31 heavy (non-hydrogen) atoms. The highest BCUT2D eigenvalue weighted by molar-refractivity contribution is 7.13. The van der Waals surface area contributed by atoms with Gasteiger partial charge in [-0.05, 0) is 42.7 Å². The zero-order valence-corrected chi connectivity index (χ0v) is 17.7. The fourth-order valence-corrected chi connectivity index (χ4v) is 4.64. The first-order valence-corrected chi connectivity index (χ1v) is 11.2. The normalized spacial score (nSPS) is 14.8. The molecule has 2 aromatic carbocycles. The summed E-state index contributed by atoms with van der Waals surface area (Å²) >= 11 is 1.43. The van der Waals surface area contributed by atoms with Crippen LogP contribution in [0.2, 0.25) is 0 Å². The number of fused-ring (bicyclic) bond motifs is 1. The number of imidazole rings is 1. The predicted octanol–water partition coefficient (Wildman–Crippen LogP) is 4.54. The van der Waals surface area contributed by atoms with Gasteiger partial charge >= 0.3 is 0 Å². The number of hydrogen-bond donors (Lipinski definition) is 1. The summed E-state index contributed by atoms with van der Waals surface area (Å²) in [6, 6.07) is 14.7. The number of halogens is 1. The number of rotatable bonds is 5. The van der Waals surface area contributed by atoms with Gasteiger partial charge in [-0.1, -0.05) is 24.3 Å². The molecule has 3 heterocycles. The van der Waals surface area contributed by atoms with Gasteiger partial charge in [-0.2, -0.15) is 0 Å². The van der Waals surface area contributed by atoms with Crippen molar-refractivity contribution in [1.82, 2.24) is 14.5 Å². The lowest BCUT2D eigenvalue weighted by molar-refractivity contribution is -0.120. The molecule has 0 bridgehead atoms. The van der Waals surface area contributed by atoms with Gasteiger partial charge in [-0.15, -0.1) is 11.3 Å². The second-order valence-electron chi connectivity index (χ2n) is 7.70. The maximum atomic E-state index is 13.7. The summed E-state index contributed by atoms with van der Waals surface area (Å²) in [6.07, 6.45) is 3.19. The van der Waals surface area contributed by atoms with Crippen molar-refractivity contribution in [2.24, 2.45) is 5.92 Å². The van der Waals surface area contributed by atoms with E-state index >= 15 is 0 Å². The second-order valence-corrected chi connectivity index (χ2v) is 8.60. The Labute approximate surface area is 183 Å². The molecule has 0 aliphatic carbocycles. The summed E-state index contributed by atoms with van der Waals surface area (Å²) in [6.45, 7) is 2.02. The molecule has 0 atom stereocenters. The molecule has 0 radical (unpaired) electrons. The lowest BCUT2D eigenvalue weighted by atomic mass is 9.96. The zero-order chi connectivity index (χ0) is 21.2. The molecule has 8 heteroatoms. The summed E-state index contributed by atoms with van der Waals surface area (Å²) in [5, 5.41) is 5.40. The van der Waals surface area contributed by atoms with Crippen molar-refractivity contribution in [1.29, 1.82) is 0 Å². The van der Waals surface area contributed by atoms with Crippen LogP contribution in [-0.4, -0.2) is 33.5 Å². The van der Waals surface area contributed by atoms with Gasteiger partial charge in [0.2, 0.25) is 11.9 Å². The van der Waals surface area contributed by atoms with Crippen molar-refractivity contribution in [2.75, 3.05) is 23.3 Å². The first-order valence-electron chi connectivity index (χ1n) is 10.3. The molecule has 0 spiro atoms. The highest BCUT2D eigenvalue weighted by Crippen LogP contribution is 2.28. The van der Waals surface area contributed by atoms with Gasteiger partial charge < -0.3 is 14.8 Å². The van der Waals surface area contributed by atoms with Crippen molar-refractivity contribution >= 4 is 39.4 Å². The Hall–Kier alpha value is -3.26. The third kappa shape index (κ3) is 4.16. The number of nitrogens with one attached hydrogen (secondary N) is 1. The predicted molar refractivity (Wildman–Crippen MR) is 121 cm³/mol. The molecule has 1 N–H and O–H groups in total. The number of thiazole rings is 1. The van der Waals surface area contributed by atoms with Crippen molar-refractivity contribution in [3.8, 4) is 0 Å². The van der Waals surface area contributed by atoms with Gasteiger partial charge in [-0.3, -0.25) is 4.79 Å². The first kappa shape index (κ1) is 19.7. The fraction of sp³-hybridized carbons (Fsp3) is 0.261. The minimum absolute atomic E-state index is 0.0304. The third-order valence-corrected chi connectivity index (χ3v) is 6.36. The topological polar surface area (TPSA) is 63.1 Å². The molecule has 6 nitrogen and oxygen atoms in total. The Bertz CT molecular complexity index is 1200. The highest BCUT2D eigenvalue weighted by atomic mass is 32.1. The van der Waals surface area contributed by atoms with E-state index < -0.39 is 0 Å². The van der Waals surface area contributed by atoms with Crippen LogP contribution in [0.5, 0.6) is 0 Å². The molecule has 1 fully saturated rings. The average Bonchev–Trinajstić information content (AvgIpc) is 3.42. The number of piperidine rings is 1. The van der Waals surface area contributed by atoms with Gasteiger partial charge in [0.1, 0.15) is 5.82 Å². The number of aromatic nitrogens is 3. The molecule has 5 rings (SSSR count). The molecular formula is C23H22FN5OS. The van der Waals surface area contributed by atoms with Crippen molar-refractivity contribution in [3.05, 3.63) is 71.5 Å². The number of hydrogen-bond acceptors (Lipinski definition) is 5. The molecular weight excluding hydrogens is 413 g/mol. The molecule has 1 saturated heterocycles. The van der Waals surface area contributed by atoms with Crippen LogP contribution < -0.4 is 10.2 Å². The van der Waals surface area contributed by atoms with Crippen molar-refractivity contribution in [2.45, 2.75) is 19.4 Å². The van der Waals surface area contributed by atoms with Crippen LogP contribution in [0.25, 0.3) is 11.0 Å². The maximum Gasteiger partial charge on any atom is 0.229 e. The van der Waals surface area contributed by atoms with E-state index in [2.05, 4.69) is 19.8 Å². The summed E-state index contributed by atoms with van der Waals surface area (Å²) in [5.74, 6) is 0.615. The maximum absolute atomic E-state index is 13.7. The minimum Gasteiger partial charge on any atom is -0.342 e. The number of nitrogens with zero attached hydrogens (tertiary/aromatic N) is 4. The molecule has 0 saturated carbocycles. The van der Waals surface area contributed by atoms with Crippen LogP contribution >= 0.6 is 11.3 Å². The Kier molecular flexibility index (Phi) is 5.38. The summed E-state index contributed by atoms with van der Waals surface area (Å²) in [4.78, 5) is 23.8. The Balaban J connectivity index is 1.36. The van der Waals surface area contributed by atoms with Gasteiger partial charge in [0.05, 0.1) is 17.6 Å². The van der Waals surface area contributed by atoms with Crippen LogP contribution in [0.3, 0.4) is 0 Å². The quantitative estimate of drug-likeness (QED) is 0.500. The third-order valence-electron chi connectivity index (χ3n) is 5.68. The summed E-state index contributed by atoms with van der Waals surface area (Å²) < 4.78 is 15.9. The molecule has 158 valence electrons. The zero-order valence-electron chi connectivity index (χ0n) is 16.9. The van der Waals surface area contributed by atoms with Gasteiger partial charge in [0.15, 0.2) is 5.13 Å². The lowest BCUT2D eigenvalue weighted by Gasteiger charge is -2.32. The van der Waals surface area contributed by atoms with Gasteiger partial charge in [0, 0.05) is 30.6 Å². The summed E-state index contributed by atoms with van der Waals surface area (Å²) in [7, 11) is 0. The number of carbonyl (C=O) groups excluding carboxylic acids is 1. The van der Waals surface area contributed by atoms with Crippen molar-refractivity contribution < 1.29 is 9.18 Å². The van der Waals surface area contributed by atoms with E-state index in [0.29, 0.717) is 11.7 Å². The van der Waals surface area contributed by atoms with E-state index in [1.54, 1.807) is 18.3 Å². The van der Waals surface area contributed by atoms with E-state index in [4.69, 9.17) is 4.98 Å². The largest absolute Gasteiger partial charge is 0.342 e. The number of carbonyl (C=O) groups is 1. The number of para-hydroxylation sites is 2. The number of anilines is 2. The molecule has 1 aliphatic heterocycles. The first-order chi connectivity index (χ1) is 15.2. The molecule has 2 aromatic heterocycles. The Morgan fingerprint density at radius 3 is 2.77 bits per heavy atom. The smallest absolute Gasteiger partial charge is 0.229 e. The van der Waals surface area contributed by atoms with E-state index in [0.717, 1.165) is 48.5 Å².